The van der Waals surface area contributed by atoms with Crippen LogP contribution in [-0.4, -0.2) is 36.4 Å². The average molecular weight is 281 g/mol. The lowest BCUT2D eigenvalue weighted by Crippen LogP contribution is -2.35. The highest BCUT2D eigenvalue weighted by Crippen LogP contribution is 2.10. The topological polar surface area (TPSA) is 72.5 Å². The third kappa shape index (κ3) is 6.82. The van der Waals surface area contributed by atoms with Gasteiger partial charge in [-0.05, 0) is 33.8 Å². The molecule has 1 amide bonds. The van der Waals surface area contributed by atoms with Crippen molar-refractivity contribution in [1.29, 1.82) is 0 Å². The third-order valence-corrected chi connectivity index (χ3v) is 2.12. The van der Waals surface area contributed by atoms with Gasteiger partial charge in [-0.2, -0.15) is 4.98 Å². The zero-order chi connectivity index (χ0) is 15.0. The second-order valence-electron chi connectivity index (χ2n) is 5.15. The number of anilines is 1. The molecule has 6 heteroatoms. The fourth-order valence-electron chi connectivity index (χ4n) is 1.41. The van der Waals surface area contributed by atoms with Crippen molar-refractivity contribution in [1.82, 2.24) is 10.3 Å². The monoisotopic (exact) mass is 281 g/mol. The van der Waals surface area contributed by atoms with Gasteiger partial charge in [-0.15, -0.1) is 0 Å². The quantitative estimate of drug-likeness (QED) is 0.783. The second kappa shape index (κ2) is 7.57. The number of pyridine rings is 1. The van der Waals surface area contributed by atoms with E-state index in [1.54, 1.807) is 6.07 Å². The minimum Gasteiger partial charge on any atom is -0.478 e. The summed E-state index contributed by atoms with van der Waals surface area (Å²) < 4.78 is 10.4. The molecule has 0 radical (unpaired) electrons. The summed E-state index contributed by atoms with van der Waals surface area (Å²) in [6.07, 6.45) is -0.421. The maximum Gasteiger partial charge on any atom is 0.407 e. The molecule has 1 rings (SSSR count). The van der Waals surface area contributed by atoms with Crippen molar-refractivity contribution in [3.05, 3.63) is 18.2 Å². The van der Waals surface area contributed by atoms with Crippen LogP contribution >= 0.6 is 0 Å². The number of rotatable bonds is 6. The van der Waals surface area contributed by atoms with Crippen LogP contribution in [0.1, 0.15) is 27.7 Å². The summed E-state index contributed by atoms with van der Waals surface area (Å²) in [7, 11) is 0. The Bertz CT molecular complexity index is 430. The number of carbonyl (C=O) groups is 1. The fraction of sp³-hybridized carbons (Fsp3) is 0.571. The molecule has 0 spiro atoms. The number of hydrogen-bond acceptors (Lipinski definition) is 5. The maximum atomic E-state index is 11.4. The fourth-order valence-corrected chi connectivity index (χ4v) is 1.41. The van der Waals surface area contributed by atoms with Gasteiger partial charge in [0.2, 0.25) is 5.88 Å². The molecule has 0 aliphatic rings. The van der Waals surface area contributed by atoms with Crippen LogP contribution in [0.25, 0.3) is 0 Å². The normalized spacial score (nSPS) is 10.8. The lowest BCUT2D eigenvalue weighted by Gasteiger charge is -2.19. The van der Waals surface area contributed by atoms with E-state index in [1.807, 2.05) is 39.8 Å². The number of hydrogen-bond donors (Lipinski definition) is 2. The Morgan fingerprint density at radius 2 is 2.05 bits per heavy atom. The minimum absolute atomic E-state index is 0.421. The molecule has 112 valence electrons. The van der Waals surface area contributed by atoms with Gasteiger partial charge in [0.15, 0.2) is 0 Å². The van der Waals surface area contributed by atoms with E-state index in [2.05, 4.69) is 15.6 Å². The van der Waals surface area contributed by atoms with E-state index < -0.39 is 11.7 Å². The zero-order valence-corrected chi connectivity index (χ0v) is 12.5. The van der Waals surface area contributed by atoms with Crippen molar-refractivity contribution in [2.75, 3.05) is 25.0 Å². The molecule has 0 aromatic carbocycles. The highest BCUT2D eigenvalue weighted by Gasteiger charge is 2.15. The molecule has 0 aliphatic heterocycles. The van der Waals surface area contributed by atoms with E-state index in [4.69, 9.17) is 9.47 Å². The van der Waals surface area contributed by atoms with Gasteiger partial charge in [-0.25, -0.2) is 4.79 Å². The molecule has 0 bridgehead atoms. The molecule has 6 nitrogen and oxygen atoms in total. The molecule has 20 heavy (non-hydrogen) atoms. The molecular formula is C14H23N3O3. The summed E-state index contributed by atoms with van der Waals surface area (Å²) in [5, 5.41) is 5.77. The van der Waals surface area contributed by atoms with Crippen molar-refractivity contribution in [3.63, 3.8) is 0 Å². The number of nitrogens with one attached hydrogen (secondary N) is 2. The summed E-state index contributed by atoms with van der Waals surface area (Å²) in [5.41, 5.74) is -0.481. The molecule has 2 N–H and O–H groups in total. The van der Waals surface area contributed by atoms with Gasteiger partial charge in [0.05, 0.1) is 6.61 Å². The van der Waals surface area contributed by atoms with Crippen LogP contribution in [0.5, 0.6) is 5.88 Å². The first-order valence-electron chi connectivity index (χ1n) is 6.71. The predicted molar refractivity (Wildman–Crippen MR) is 78.1 cm³/mol. The molecule has 0 saturated carbocycles. The Hall–Kier alpha value is -1.98. The lowest BCUT2D eigenvalue weighted by atomic mass is 10.2. The molecule has 1 aromatic rings. The average Bonchev–Trinajstić information content (AvgIpc) is 2.33. The van der Waals surface area contributed by atoms with Crippen LogP contribution in [0.3, 0.4) is 0 Å². The van der Waals surface area contributed by atoms with Gasteiger partial charge in [-0.3, -0.25) is 0 Å². The molecule has 0 atom stereocenters. The van der Waals surface area contributed by atoms with Crippen LogP contribution in [-0.2, 0) is 4.74 Å². The second-order valence-corrected chi connectivity index (χ2v) is 5.15. The van der Waals surface area contributed by atoms with Gasteiger partial charge in [0, 0.05) is 19.2 Å². The number of alkyl carbamates (subject to hydrolysis) is 1. The molecule has 0 saturated heterocycles. The number of ether oxygens (including phenoxy) is 2. The summed E-state index contributed by atoms with van der Waals surface area (Å²) in [5.74, 6) is 1.29. The number of amides is 1. The lowest BCUT2D eigenvalue weighted by molar-refractivity contribution is 0.0530. The molecule has 1 aromatic heterocycles. The summed E-state index contributed by atoms with van der Waals surface area (Å²) in [6, 6.07) is 5.51. The number of nitrogens with zero attached hydrogens (tertiary/aromatic N) is 1. The van der Waals surface area contributed by atoms with E-state index in [9.17, 15) is 4.79 Å². The first kappa shape index (κ1) is 16.1. The first-order valence-corrected chi connectivity index (χ1v) is 6.71. The van der Waals surface area contributed by atoms with E-state index >= 15 is 0 Å². The van der Waals surface area contributed by atoms with Crippen molar-refractivity contribution < 1.29 is 14.3 Å². The van der Waals surface area contributed by atoms with Crippen LogP contribution in [0.15, 0.2) is 18.2 Å². The Labute approximate surface area is 119 Å². The highest BCUT2D eigenvalue weighted by molar-refractivity contribution is 5.67. The van der Waals surface area contributed by atoms with Crippen LogP contribution < -0.4 is 15.4 Å². The Balaban J connectivity index is 2.27. The summed E-state index contributed by atoms with van der Waals surface area (Å²) in [4.78, 5) is 15.7. The van der Waals surface area contributed by atoms with Gasteiger partial charge in [0.25, 0.3) is 0 Å². The standard InChI is InChI=1S/C14H23N3O3/c1-5-19-12-8-6-7-11(17-12)15-9-10-16-13(18)20-14(2,3)4/h6-8H,5,9-10H2,1-4H3,(H,15,17)(H,16,18). The maximum absolute atomic E-state index is 11.4. The summed E-state index contributed by atoms with van der Waals surface area (Å²) in [6.45, 7) is 8.98. The van der Waals surface area contributed by atoms with E-state index in [0.717, 1.165) is 0 Å². The van der Waals surface area contributed by atoms with Gasteiger partial charge < -0.3 is 20.1 Å². The zero-order valence-electron chi connectivity index (χ0n) is 12.5. The molecular weight excluding hydrogens is 258 g/mol. The summed E-state index contributed by atoms with van der Waals surface area (Å²) >= 11 is 0. The third-order valence-electron chi connectivity index (χ3n) is 2.12. The smallest absolute Gasteiger partial charge is 0.407 e. The van der Waals surface area contributed by atoms with Gasteiger partial charge in [-0.1, -0.05) is 6.07 Å². The Morgan fingerprint density at radius 1 is 1.30 bits per heavy atom. The van der Waals surface area contributed by atoms with Gasteiger partial charge >= 0.3 is 6.09 Å². The minimum atomic E-state index is -0.481. The van der Waals surface area contributed by atoms with E-state index in [-0.39, 0.29) is 0 Å². The first-order chi connectivity index (χ1) is 9.40. The van der Waals surface area contributed by atoms with Gasteiger partial charge in [0.1, 0.15) is 11.4 Å². The van der Waals surface area contributed by atoms with Crippen molar-refractivity contribution in [2.24, 2.45) is 0 Å². The Morgan fingerprint density at radius 3 is 2.70 bits per heavy atom. The van der Waals surface area contributed by atoms with Crippen molar-refractivity contribution >= 4 is 11.9 Å². The van der Waals surface area contributed by atoms with E-state index in [0.29, 0.717) is 31.4 Å². The van der Waals surface area contributed by atoms with E-state index in [1.165, 1.54) is 0 Å². The highest BCUT2D eigenvalue weighted by atomic mass is 16.6. The number of carbonyl (C=O) groups excluding carboxylic acids is 1. The van der Waals surface area contributed by atoms with Crippen LogP contribution in [0.2, 0.25) is 0 Å². The van der Waals surface area contributed by atoms with Crippen LogP contribution in [0.4, 0.5) is 10.6 Å². The molecule has 0 unspecified atom stereocenters. The number of aromatic nitrogens is 1. The molecule has 0 aliphatic carbocycles. The van der Waals surface area contributed by atoms with Crippen molar-refractivity contribution in [3.8, 4) is 5.88 Å². The largest absolute Gasteiger partial charge is 0.478 e. The molecule has 0 fully saturated rings. The molecule has 1 heterocycles. The SMILES string of the molecule is CCOc1cccc(NCCNC(=O)OC(C)(C)C)n1. The van der Waals surface area contributed by atoms with Crippen molar-refractivity contribution in [2.45, 2.75) is 33.3 Å². The van der Waals surface area contributed by atoms with Crippen LogP contribution in [0, 0.1) is 0 Å². The Kier molecular flexibility index (Phi) is 6.09. The predicted octanol–water partition coefficient (Wildman–Crippen LogP) is 2.42.